The molecule has 0 fully saturated rings. The molecule has 0 bridgehead atoms. The van der Waals surface area contributed by atoms with Gasteiger partial charge in [0.05, 0.1) is 13.2 Å². The van der Waals surface area contributed by atoms with Crippen molar-refractivity contribution < 1.29 is 9.53 Å². The topological polar surface area (TPSA) is 42.1 Å². The first-order valence-corrected chi connectivity index (χ1v) is 7.05. The number of ether oxygens (including phenoxy) is 1. The summed E-state index contributed by atoms with van der Waals surface area (Å²) >= 11 is 0. The minimum Gasteiger partial charge on any atom is -0.372 e. The van der Waals surface area contributed by atoms with Crippen molar-refractivity contribution in [2.45, 2.75) is 20.1 Å². The Hall–Kier alpha value is -2.39. The minimum absolute atomic E-state index is 0.0604. The van der Waals surface area contributed by atoms with Gasteiger partial charge in [0, 0.05) is 28.2 Å². The quantitative estimate of drug-likeness (QED) is 0.725. The number of rotatable bonds is 2. The van der Waals surface area contributed by atoms with Gasteiger partial charge < -0.3 is 9.72 Å². The Labute approximate surface area is 122 Å². The standard InChI is InChI=1S/C18H15NO2/c1-11-3-2-4-16-17(11)15(8-19-16)18(20)12-5-6-13-9-21-10-14(13)7-12/h2-8,19H,9-10H2,1H3. The molecule has 1 aliphatic heterocycles. The van der Waals surface area contributed by atoms with Crippen LogP contribution in [0.15, 0.2) is 42.6 Å². The van der Waals surface area contributed by atoms with Crippen molar-refractivity contribution in [3.8, 4) is 0 Å². The average Bonchev–Trinajstić information content (AvgIpc) is 3.13. The molecule has 4 rings (SSSR count). The molecule has 0 saturated heterocycles. The van der Waals surface area contributed by atoms with Crippen molar-refractivity contribution in [2.75, 3.05) is 0 Å². The predicted molar refractivity (Wildman–Crippen MR) is 81.4 cm³/mol. The molecule has 3 heteroatoms. The van der Waals surface area contributed by atoms with Gasteiger partial charge in [-0.15, -0.1) is 0 Å². The molecule has 1 aromatic heterocycles. The monoisotopic (exact) mass is 277 g/mol. The molecular weight excluding hydrogens is 262 g/mol. The van der Waals surface area contributed by atoms with Gasteiger partial charge in [-0.3, -0.25) is 4.79 Å². The minimum atomic E-state index is 0.0604. The molecule has 21 heavy (non-hydrogen) atoms. The first-order valence-electron chi connectivity index (χ1n) is 7.05. The molecule has 0 aliphatic carbocycles. The second-order valence-electron chi connectivity index (χ2n) is 5.51. The number of carbonyl (C=O) groups is 1. The summed E-state index contributed by atoms with van der Waals surface area (Å²) in [5, 5.41) is 1.01. The number of hydrogen-bond donors (Lipinski definition) is 1. The maximum atomic E-state index is 12.8. The number of aromatic amines is 1. The smallest absolute Gasteiger partial charge is 0.195 e. The third kappa shape index (κ3) is 1.89. The molecule has 0 amide bonds. The summed E-state index contributed by atoms with van der Waals surface area (Å²) in [7, 11) is 0. The Morgan fingerprint density at radius 1 is 1.14 bits per heavy atom. The fourth-order valence-corrected chi connectivity index (χ4v) is 3.02. The molecule has 2 aromatic carbocycles. The van der Waals surface area contributed by atoms with Crippen LogP contribution in [0.4, 0.5) is 0 Å². The fourth-order valence-electron chi connectivity index (χ4n) is 3.02. The Bertz CT molecular complexity index is 861. The van der Waals surface area contributed by atoms with Gasteiger partial charge in [0.25, 0.3) is 0 Å². The molecule has 0 unspecified atom stereocenters. The van der Waals surface area contributed by atoms with Crippen LogP contribution in [0.3, 0.4) is 0 Å². The summed E-state index contributed by atoms with van der Waals surface area (Å²) in [6.45, 7) is 3.28. The normalized spacial score (nSPS) is 13.6. The van der Waals surface area contributed by atoms with E-state index >= 15 is 0 Å². The lowest BCUT2D eigenvalue weighted by Crippen LogP contribution is -2.02. The number of H-pyrrole nitrogens is 1. The van der Waals surface area contributed by atoms with Gasteiger partial charge in [-0.1, -0.05) is 24.3 Å². The van der Waals surface area contributed by atoms with Gasteiger partial charge in [-0.2, -0.15) is 0 Å². The second kappa shape index (κ2) is 4.57. The van der Waals surface area contributed by atoms with E-state index in [0.717, 1.165) is 33.2 Å². The van der Waals surface area contributed by atoms with Gasteiger partial charge >= 0.3 is 0 Å². The zero-order chi connectivity index (χ0) is 14.4. The SMILES string of the molecule is Cc1cccc2[nH]cc(C(=O)c3ccc4c(c3)COC4)c12. The van der Waals surface area contributed by atoms with Crippen molar-refractivity contribution in [3.05, 3.63) is 70.4 Å². The molecule has 3 nitrogen and oxygen atoms in total. The lowest BCUT2D eigenvalue weighted by molar-refractivity contribution is 0.104. The number of ketones is 1. The van der Waals surface area contributed by atoms with E-state index in [0.29, 0.717) is 13.2 Å². The van der Waals surface area contributed by atoms with E-state index in [1.165, 1.54) is 5.56 Å². The van der Waals surface area contributed by atoms with Crippen LogP contribution in [-0.2, 0) is 18.0 Å². The number of fused-ring (bicyclic) bond motifs is 2. The Balaban J connectivity index is 1.83. The van der Waals surface area contributed by atoms with Gasteiger partial charge in [-0.05, 0) is 35.7 Å². The Morgan fingerprint density at radius 2 is 2.00 bits per heavy atom. The van der Waals surface area contributed by atoms with Crippen LogP contribution < -0.4 is 0 Å². The van der Waals surface area contributed by atoms with Crippen LogP contribution in [0.2, 0.25) is 0 Å². The van der Waals surface area contributed by atoms with Crippen molar-refractivity contribution in [1.82, 2.24) is 4.98 Å². The highest BCUT2D eigenvalue weighted by molar-refractivity contribution is 6.17. The van der Waals surface area contributed by atoms with Crippen molar-refractivity contribution in [2.24, 2.45) is 0 Å². The zero-order valence-electron chi connectivity index (χ0n) is 11.8. The van der Waals surface area contributed by atoms with E-state index in [-0.39, 0.29) is 5.78 Å². The highest BCUT2D eigenvalue weighted by atomic mass is 16.5. The third-order valence-corrected chi connectivity index (χ3v) is 4.14. The molecule has 1 aliphatic rings. The van der Waals surface area contributed by atoms with Crippen molar-refractivity contribution in [3.63, 3.8) is 0 Å². The summed E-state index contributed by atoms with van der Waals surface area (Å²) in [6, 6.07) is 11.9. The first kappa shape index (κ1) is 12.4. The van der Waals surface area contributed by atoms with Gasteiger partial charge in [-0.25, -0.2) is 0 Å². The summed E-state index contributed by atoms with van der Waals surface area (Å²) in [6.07, 6.45) is 1.81. The molecule has 1 N–H and O–H groups in total. The molecular formula is C18H15NO2. The highest BCUT2D eigenvalue weighted by Gasteiger charge is 2.18. The summed E-state index contributed by atoms with van der Waals surface area (Å²) in [4.78, 5) is 16.0. The van der Waals surface area contributed by atoms with E-state index in [1.807, 2.05) is 49.5 Å². The molecule has 2 heterocycles. The summed E-state index contributed by atoms with van der Waals surface area (Å²) in [5.74, 6) is 0.0604. The van der Waals surface area contributed by atoms with Crippen LogP contribution in [0.5, 0.6) is 0 Å². The molecule has 0 radical (unpaired) electrons. The van der Waals surface area contributed by atoms with E-state index in [2.05, 4.69) is 4.98 Å². The number of hydrogen-bond acceptors (Lipinski definition) is 2. The molecule has 3 aromatic rings. The first-order chi connectivity index (χ1) is 10.2. The number of carbonyl (C=O) groups excluding carboxylic acids is 1. The van der Waals surface area contributed by atoms with Crippen LogP contribution in [-0.4, -0.2) is 10.8 Å². The Kier molecular flexibility index (Phi) is 2.69. The number of aryl methyl sites for hydroxylation is 1. The van der Waals surface area contributed by atoms with Crippen LogP contribution in [0, 0.1) is 6.92 Å². The molecule has 104 valence electrons. The summed E-state index contributed by atoms with van der Waals surface area (Å²) < 4.78 is 5.41. The fraction of sp³-hybridized carbons (Fsp3) is 0.167. The lowest BCUT2D eigenvalue weighted by Gasteiger charge is -2.04. The number of aromatic nitrogens is 1. The van der Waals surface area contributed by atoms with Crippen LogP contribution >= 0.6 is 0 Å². The second-order valence-corrected chi connectivity index (χ2v) is 5.51. The Morgan fingerprint density at radius 3 is 2.90 bits per heavy atom. The highest BCUT2D eigenvalue weighted by Crippen LogP contribution is 2.26. The van der Waals surface area contributed by atoms with E-state index < -0.39 is 0 Å². The zero-order valence-corrected chi connectivity index (χ0v) is 11.8. The maximum Gasteiger partial charge on any atom is 0.195 e. The van der Waals surface area contributed by atoms with Gasteiger partial charge in [0.15, 0.2) is 5.78 Å². The van der Waals surface area contributed by atoms with Crippen molar-refractivity contribution >= 4 is 16.7 Å². The summed E-state index contributed by atoms with van der Waals surface area (Å²) in [5.41, 5.74) is 5.88. The van der Waals surface area contributed by atoms with Crippen molar-refractivity contribution in [1.29, 1.82) is 0 Å². The number of benzene rings is 2. The average molecular weight is 277 g/mol. The van der Waals surface area contributed by atoms with Gasteiger partial charge in [0.1, 0.15) is 0 Å². The van der Waals surface area contributed by atoms with Crippen LogP contribution in [0.25, 0.3) is 10.9 Å². The molecule has 0 atom stereocenters. The van der Waals surface area contributed by atoms with Crippen LogP contribution in [0.1, 0.15) is 32.6 Å². The number of nitrogens with one attached hydrogen (secondary N) is 1. The third-order valence-electron chi connectivity index (χ3n) is 4.14. The van der Waals surface area contributed by atoms with E-state index in [4.69, 9.17) is 4.74 Å². The van der Waals surface area contributed by atoms with E-state index in [1.54, 1.807) is 0 Å². The molecule has 0 spiro atoms. The largest absolute Gasteiger partial charge is 0.372 e. The lowest BCUT2D eigenvalue weighted by atomic mass is 9.97. The predicted octanol–water partition coefficient (Wildman–Crippen LogP) is 3.74. The molecule has 0 saturated carbocycles. The van der Waals surface area contributed by atoms with Gasteiger partial charge in [0.2, 0.25) is 0 Å². The maximum absolute atomic E-state index is 12.8. The van der Waals surface area contributed by atoms with E-state index in [9.17, 15) is 4.79 Å².